The van der Waals surface area contributed by atoms with Crippen LogP contribution in [0, 0.1) is 12.8 Å². The number of oxime groups is 1. The second kappa shape index (κ2) is 4.45. The first-order chi connectivity index (χ1) is 8.11. The van der Waals surface area contributed by atoms with Crippen molar-refractivity contribution in [3.05, 3.63) is 29.8 Å². The molecule has 3 N–H and O–H groups in total. The van der Waals surface area contributed by atoms with Crippen LogP contribution >= 0.6 is 0 Å². The van der Waals surface area contributed by atoms with Gasteiger partial charge in [0.05, 0.1) is 0 Å². The summed E-state index contributed by atoms with van der Waals surface area (Å²) in [7, 11) is 0. The highest BCUT2D eigenvalue weighted by molar-refractivity contribution is 6.01. The van der Waals surface area contributed by atoms with E-state index in [4.69, 9.17) is 10.9 Å². The number of nitrogens with two attached hydrogens (primary N) is 1. The van der Waals surface area contributed by atoms with E-state index in [-0.39, 0.29) is 17.7 Å². The lowest BCUT2D eigenvalue weighted by molar-refractivity contribution is -0.117. The summed E-state index contributed by atoms with van der Waals surface area (Å²) in [5.74, 6) is -0.0767. The van der Waals surface area contributed by atoms with Gasteiger partial charge in [0.2, 0.25) is 5.91 Å². The largest absolute Gasteiger partial charge is 0.409 e. The zero-order valence-corrected chi connectivity index (χ0v) is 9.63. The number of nitrogens with zero attached hydrogens (tertiary/aromatic N) is 2. The molecule has 1 heterocycles. The van der Waals surface area contributed by atoms with Crippen LogP contribution in [0.5, 0.6) is 0 Å². The minimum Gasteiger partial charge on any atom is -0.409 e. The van der Waals surface area contributed by atoms with Crippen LogP contribution in [0.4, 0.5) is 5.69 Å². The van der Waals surface area contributed by atoms with Gasteiger partial charge in [0.15, 0.2) is 0 Å². The standard InChI is InChI=1S/C12H15N3O2/c1-8-2-4-10(5-3-8)15-7-9(6-11(15)16)12(13)14-17/h2-5,9,17H,6-7H2,1H3,(H2,13,14). The molecule has 0 spiro atoms. The predicted octanol–water partition coefficient (Wildman–Crippen LogP) is 1.09. The Morgan fingerprint density at radius 1 is 1.47 bits per heavy atom. The topological polar surface area (TPSA) is 78.9 Å². The van der Waals surface area contributed by atoms with Gasteiger partial charge in [-0.3, -0.25) is 4.79 Å². The molecule has 0 saturated carbocycles. The van der Waals surface area contributed by atoms with E-state index in [0.29, 0.717) is 13.0 Å². The zero-order chi connectivity index (χ0) is 12.4. The summed E-state index contributed by atoms with van der Waals surface area (Å²) in [4.78, 5) is 13.5. The quantitative estimate of drug-likeness (QED) is 0.347. The average Bonchev–Trinajstić information content (AvgIpc) is 2.71. The molecule has 1 aliphatic heterocycles. The van der Waals surface area contributed by atoms with Crippen molar-refractivity contribution in [3.63, 3.8) is 0 Å². The third-order valence-electron chi connectivity index (χ3n) is 3.00. The van der Waals surface area contributed by atoms with E-state index in [2.05, 4.69) is 5.16 Å². The molecule has 1 saturated heterocycles. The first-order valence-electron chi connectivity index (χ1n) is 5.46. The van der Waals surface area contributed by atoms with E-state index in [9.17, 15) is 4.79 Å². The highest BCUT2D eigenvalue weighted by atomic mass is 16.4. The molecule has 0 aromatic heterocycles. The lowest BCUT2D eigenvalue weighted by atomic mass is 10.1. The number of aryl methyl sites for hydroxylation is 1. The summed E-state index contributed by atoms with van der Waals surface area (Å²) < 4.78 is 0. The number of benzene rings is 1. The fraction of sp³-hybridized carbons (Fsp3) is 0.333. The maximum absolute atomic E-state index is 11.8. The Morgan fingerprint density at radius 2 is 2.12 bits per heavy atom. The number of hydrogen-bond donors (Lipinski definition) is 2. The zero-order valence-electron chi connectivity index (χ0n) is 9.63. The van der Waals surface area contributed by atoms with E-state index in [0.717, 1.165) is 11.3 Å². The normalized spacial score (nSPS) is 21.0. The number of hydrogen-bond acceptors (Lipinski definition) is 3. The molecule has 5 nitrogen and oxygen atoms in total. The number of carbonyl (C=O) groups is 1. The minimum absolute atomic E-state index is 0.00505. The Labute approximate surface area is 99.5 Å². The van der Waals surface area contributed by atoms with Gasteiger partial charge in [-0.2, -0.15) is 0 Å². The molecule has 90 valence electrons. The van der Waals surface area contributed by atoms with Crippen LogP contribution in [-0.4, -0.2) is 23.5 Å². The summed E-state index contributed by atoms with van der Waals surface area (Å²) >= 11 is 0. The molecular formula is C12H15N3O2. The number of amidine groups is 1. The fourth-order valence-corrected chi connectivity index (χ4v) is 1.96. The summed E-state index contributed by atoms with van der Waals surface area (Å²) in [5, 5.41) is 11.6. The summed E-state index contributed by atoms with van der Waals surface area (Å²) in [5.41, 5.74) is 7.53. The van der Waals surface area contributed by atoms with Crippen LogP contribution in [0.25, 0.3) is 0 Å². The Bertz CT molecular complexity index is 453. The maximum Gasteiger partial charge on any atom is 0.227 e. The Morgan fingerprint density at radius 3 is 2.71 bits per heavy atom. The molecule has 0 radical (unpaired) electrons. The highest BCUT2D eigenvalue weighted by Crippen LogP contribution is 2.25. The molecule has 1 unspecified atom stereocenters. The number of anilines is 1. The number of carbonyl (C=O) groups excluding carboxylic acids is 1. The van der Waals surface area contributed by atoms with Crippen LogP contribution in [0.3, 0.4) is 0 Å². The van der Waals surface area contributed by atoms with Gasteiger partial charge in [0.1, 0.15) is 5.84 Å². The van der Waals surface area contributed by atoms with Crippen LogP contribution in [0.1, 0.15) is 12.0 Å². The molecule has 1 amide bonds. The summed E-state index contributed by atoms with van der Waals surface area (Å²) in [6.07, 6.45) is 0.295. The van der Waals surface area contributed by atoms with E-state index < -0.39 is 0 Å². The first kappa shape index (κ1) is 11.4. The predicted molar refractivity (Wildman–Crippen MR) is 65.0 cm³/mol. The number of amides is 1. The van der Waals surface area contributed by atoms with Gasteiger partial charge in [-0.05, 0) is 19.1 Å². The van der Waals surface area contributed by atoms with Crippen molar-refractivity contribution in [2.45, 2.75) is 13.3 Å². The van der Waals surface area contributed by atoms with Crippen molar-refractivity contribution in [2.75, 3.05) is 11.4 Å². The molecule has 1 fully saturated rings. The Kier molecular flexibility index (Phi) is 2.99. The van der Waals surface area contributed by atoms with Crippen LogP contribution < -0.4 is 10.6 Å². The number of rotatable bonds is 2. The molecule has 1 aromatic rings. The SMILES string of the molecule is Cc1ccc(N2CC(C(N)=NO)CC2=O)cc1. The molecule has 1 atom stereocenters. The van der Waals surface area contributed by atoms with E-state index in [1.165, 1.54) is 0 Å². The van der Waals surface area contributed by atoms with Gasteiger partial charge in [0, 0.05) is 24.6 Å². The molecular weight excluding hydrogens is 218 g/mol. The third-order valence-corrected chi connectivity index (χ3v) is 3.00. The molecule has 1 aromatic carbocycles. The monoisotopic (exact) mass is 233 g/mol. The molecule has 1 aliphatic rings. The lowest BCUT2D eigenvalue weighted by Gasteiger charge is -2.16. The van der Waals surface area contributed by atoms with Crippen molar-refractivity contribution >= 4 is 17.4 Å². The summed E-state index contributed by atoms with van der Waals surface area (Å²) in [6.45, 7) is 2.46. The third kappa shape index (κ3) is 2.22. The van der Waals surface area contributed by atoms with Crippen molar-refractivity contribution in [3.8, 4) is 0 Å². The van der Waals surface area contributed by atoms with Crippen molar-refractivity contribution < 1.29 is 10.0 Å². The molecule has 0 aliphatic carbocycles. The van der Waals surface area contributed by atoms with Crippen molar-refractivity contribution in [1.29, 1.82) is 0 Å². The van der Waals surface area contributed by atoms with E-state index >= 15 is 0 Å². The van der Waals surface area contributed by atoms with E-state index in [1.807, 2.05) is 31.2 Å². The average molecular weight is 233 g/mol. The Balaban J connectivity index is 2.18. The van der Waals surface area contributed by atoms with Gasteiger partial charge in [-0.1, -0.05) is 22.9 Å². The van der Waals surface area contributed by atoms with Crippen molar-refractivity contribution in [2.24, 2.45) is 16.8 Å². The van der Waals surface area contributed by atoms with Gasteiger partial charge in [0.25, 0.3) is 0 Å². The second-order valence-corrected chi connectivity index (χ2v) is 4.27. The van der Waals surface area contributed by atoms with Gasteiger partial charge in [-0.15, -0.1) is 0 Å². The first-order valence-corrected chi connectivity index (χ1v) is 5.46. The van der Waals surface area contributed by atoms with Crippen LogP contribution in [0.2, 0.25) is 0 Å². The van der Waals surface area contributed by atoms with Crippen molar-refractivity contribution in [1.82, 2.24) is 0 Å². The highest BCUT2D eigenvalue weighted by Gasteiger charge is 2.33. The summed E-state index contributed by atoms with van der Waals surface area (Å²) in [6, 6.07) is 7.72. The van der Waals surface area contributed by atoms with Gasteiger partial charge >= 0.3 is 0 Å². The molecule has 0 bridgehead atoms. The molecule has 5 heteroatoms. The smallest absolute Gasteiger partial charge is 0.227 e. The van der Waals surface area contributed by atoms with Gasteiger partial charge in [-0.25, -0.2) is 0 Å². The van der Waals surface area contributed by atoms with Crippen LogP contribution in [-0.2, 0) is 4.79 Å². The molecule has 2 rings (SSSR count). The van der Waals surface area contributed by atoms with Crippen LogP contribution in [0.15, 0.2) is 29.4 Å². The minimum atomic E-state index is -0.200. The fourth-order valence-electron chi connectivity index (χ4n) is 1.96. The maximum atomic E-state index is 11.8. The van der Waals surface area contributed by atoms with Gasteiger partial charge < -0.3 is 15.8 Å². The lowest BCUT2D eigenvalue weighted by Crippen LogP contribution is -2.28. The second-order valence-electron chi connectivity index (χ2n) is 4.27. The Hall–Kier alpha value is -2.04. The van der Waals surface area contributed by atoms with E-state index in [1.54, 1.807) is 4.90 Å². The molecule has 17 heavy (non-hydrogen) atoms.